The average molecular weight is 350 g/mol. The highest BCUT2D eigenvalue weighted by atomic mass is 32.1. The van der Waals surface area contributed by atoms with Gasteiger partial charge in [-0.15, -0.1) is 22.7 Å². The van der Waals surface area contributed by atoms with E-state index in [2.05, 4.69) is 11.4 Å². The molecule has 0 radical (unpaired) electrons. The molecule has 0 aromatic carbocycles. The molecule has 1 unspecified atom stereocenters. The zero-order chi connectivity index (χ0) is 16.4. The second-order valence-electron chi connectivity index (χ2n) is 6.54. The van der Waals surface area contributed by atoms with Gasteiger partial charge in [0.15, 0.2) is 0 Å². The maximum Gasteiger partial charge on any atom is 0.261 e. The Morgan fingerprint density at radius 1 is 1.39 bits per heavy atom. The van der Waals surface area contributed by atoms with E-state index < -0.39 is 6.10 Å². The highest BCUT2D eigenvalue weighted by molar-refractivity contribution is 7.12. The van der Waals surface area contributed by atoms with Gasteiger partial charge in [-0.3, -0.25) is 4.79 Å². The molecule has 23 heavy (non-hydrogen) atoms. The molecule has 5 heteroatoms. The summed E-state index contributed by atoms with van der Waals surface area (Å²) < 4.78 is 0. The van der Waals surface area contributed by atoms with Crippen LogP contribution in [0.1, 0.15) is 63.7 Å². The number of carbonyl (C=O) groups excluding carboxylic acids is 1. The second kappa shape index (κ2) is 6.75. The van der Waals surface area contributed by atoms with E-state index in [1.54, 1.807) is 18.3 Å². The molecule has 3 nitrogen and oxygen atoms in total. The van der Waals surface area contributed by atoms with Crippen LogP contribution in [-0.4, -0.2) is 17.6 Å². The van der Waals surface area contributed by atoms with Gasteiger partial charge in [-0.25, -0.2) is 0 Å². The largest absolute Gasteiger partial charge is 0.388 e. The molecule has 0 saturated heterocycles. The van der Waals surface area contributed by atoms with Crippen LogP contribution in [-0.2, 0) is 5.41 Å². The minimum atomic E-state index is -0.420. The number of hydrogen-bond acceptors (Lipinski definition) is 4. The van der Waals surface area contributed by atoms with E-state index in [-0.39, 0.29) is 11.3 Å². The maximum absolute atomic E-state index is 12.4. The third-order valence-electron chi connectivity index (χ3n) is 4.66. The summed E-state index contributed by atoms with van der Waals surface area (Å²) in [4.78, 5) is 15.5. The Kier molecular flexibility index (Phi) is 4.90. The van der Waals surface area contributed by atoms with Gasteiger partial charge in [0.05, 0.1) is 11.0 Å². The molecule has 1 aliphatic rings. The van der Waals surface area contributed by atoms with Crippen molar-refractivity contribution in [3.05, 3.63) is 43.8 Å². The molecular weight excluding hydrogens is 326 g/mol. The van der Waals surface area contributed by atoms with Crippen molar-refractivity contribution >= 4 is 28.6 Å². The first-order chi connectivity index (χ1) is 11.0. The summed E-state index contributed by atoms with van der Waals surface area (Å²) in [5, 5.41) is 14.9. The maximum atomic E-state index is 12.4. The van der Waals surface area contributed by atoms with Crippen LogP contribution in [0.5, 0.6) is 0 Å². The van der Waals surface area contributed by atoms with E-state index in [0.29, 0.717) is 6.54 Å². The summed E-state index contributed by atoms with van der Waals surface area (Å²) in [6.07, 6.45) is 4.20. The standard InChI is InChI=1S/C18H23NO2S2/c1-12-9-15(22-10-12)17(21)19-11-18(7-3-4-8-18)16-6-5-14(23-16)13(2)20/h5-6,9-10,13,20H,3-4,7-8,11H2,1-2H3,(H,19,21). The number of aliphatic hydroxyl groups is 1. The van der Waals surface area contributed by atoms with Crippen LogP contribution in [0.3, 0.4) is 0 Å². The molecular formula is C18H23NO2S2. The quantitative estimate of drug-likeness (QED) is 0.840. The van der Waals surface area contributed by atoms with Gasteiger partial charge in [0.1, 0.15) is 0 Å². The van der Waals surface area contributed by atoms with Crippen molar-refractivity contribution in [2.75, 3.05) is 6.54 Å². The zero-order valence-corrected chi connectivity index (χ0v) is 15.2. The minimum Gasteiger partial charge on any atom is -0.388 e. The molecule has 2 aromatic heterocycles. The van der Waals surface area contributed by atoms with Crippen molar-refractivity contribution in [1.82, 2.24) is 5.32 Å². The predicted octanol–water partition coefficient (Wildman–Crippen LogP) is 4.41. The molecule has 124 valence electrons. The predicted molar refractivity (Wildman–Crippen MR) is 96.5 cm³/mol. The molecule has 1 aliphatic carbocycles. The molecule has 1 atom stereocenters. The molecule has 2 aromatic rings. The molecule has 1 amide bonds. The summed E-state index contributed by atoms with van der Waals surface area (Å²) in [7, 11) is 0. The highest BCUT2D eigenvalue weighted by Gasteiger charge is 2.37. The fourth-order valence-corrected chi connectivity index (χ4v) is 5.31. The van der Waals surface area contributed by atoms with E-state index in [1.807, 2.05) is 24.4 Å². The van der Waals surface area contributed by atoms with Gasteiger partial charge < -0.3 is 10.4 Å². The number of nitrogens with one attached hydrogen (secondary N) is 1. The fraction of sp³-hybridized carbons (Fsp3) is 0.500. The van der Waals surface area contributed by atoms with Crippen LogP contribution >= 0.6 is 22.7 Å². The van der Waals surface area contributed by atoms with E-state index in [1.165, 1.54) is 29.1 Å². The molecule has 1 saturated carbocycles. The van der Waals surface area contributed by atoms with Crippen molar-refractivity contribution in [3.8, 4) is 0 Å². The second-order valence-corrected chi connectivity index (χ2v) is 8.56. The number of aryl methyl sites for hydroxylation is 1. The van der Waals surface area contributed by atoms with Gasteiger partial charge in [-0.1, -0.05) is 12.8 Å². The lowest BCUT2D eigenvalue weighted by Crippen LogP contribution is -2.38. The van der Waals surface area contributed by atoms with Crippen LogP contribution in [0.25, 0.3) is 0 Å². The Bertz CT molecular complexity index is 681. The van der Waals surface area contributed by atoms with Crippen LogP contribution in [0.4, 0.5) is 0 Å². The summed E-state index contributed by atoms with van der Waals surface area (Å²) in [6, 6.07) is 6.10. The Morgan fingerprint density at radius 3 is 2.70 bits per heavy atom. The first-order valence-corrected chi connectivity index (χ1v) is 9.81. The van der Waals surface area contributed by atoms with Crippen LogP contribution in [0.15, 0.2) is 23.6 Å². The monoisotopic (exact) mass is 349 g/mol. The van der Waals surface area contributed by atoms with Gasteiger partial charge in [0.25, 0.3) is 5.91 Å². The molecule has 0 aliphatic heterocycles. The first kappa shape index (κ1) is 16.7. The average Bonchev–Trinajstić information content (AvgIpc) is 3.25. The van der Waals surface area contributed by atoms with E-state index in [0.717, 1.165) is 28.2 Å². The number of aliphatic hydroxyl groups excluding tert-OH is 1. The van der Waals surface area contributed by atoms with E-state index in [9.17, 15) is 9.90 Å². The number of hydrogen-bond donors (Lipinski definition) is 2. The van der Waals surface area contributed by atoms with Crippen LogP contribution < -0.4 is 5.32 Å². The molecule has 1 fully saturated rings. The number of thiophene rings is 2. The summed E-state index contributed by atoms with van der Waals surface area (Å²) in [5.41, 5.74) is 1.18. The van der Waals surface area contributed by atoms with Crippen LogP contribution in [0.2, 0.25) is 0 Å². The molecule has 3 rings (SSSR count). The Balaban J connectivity index is 1.74. The van der Waals surface area contributed by atoms with Crippen molar-refractivity contribution in [2.24, 2.45) is 0 Å². The SMILES string of the molecule is Cc1csc(C(=O)NCC2(c3ccc(C(C)O)s3)CCCC2)c1. The van der Waals surface area contributed by atoms with Crippen molar-refractivity contribution in [3.63, 3.8) is 0 Å². The lowest BCUT2D eigenvalue weighted by atomic mass is 9.84. The Hall–Kier alpha value is -1.17. The molecule has 0 spiro atoms. The zero-order valence-electron chi connectivity index (χ0n) is 13.6. The van der Waals surface area contributed by atoms with Gasteiger partial charge in [-0.05, 0) is 55.8 Å². The topological polar surface area (TPSA) is 49.3 Å². The lowest BCUT2D eigenvalue weighted by molar-refractivity contribution is 0.0947. The fourth-order valence-electron chi connectivity index (χ4n) is 3.31. The molecule has 2 heterocycles. The van der Waals surface area contributed by atoms with Gasteiger partial charge >= 0.3 is 0 Å². The smallest absolute Gasteiger partial charge is 0.261 e. The van der Waals surface area contributed by atoms with E-state index >= 15 is 0 Å². The molecule has 0 bridgehead atoms. The van der Waals surface area contributed by atoms with E-state index in [4.69, 9.17) is 0 Å². The summed E-state index contributed by atoms with van der Waals surface area (Å²) in [5.74, 6) is 0.0293. The Labute approximate surface area is 145 Å². The van der Waals surface area contributed by atoms with Gasteiger partial charge in [-0.2, -0.15) is 0 Å². The number of rotatable bonds is 5. The third kappa shape index (κ3) is 3.52. The highest BCUT2D eigenvalue weighted by Crippen LogP contribution is 2.44. The summed E-state index contributed by atoms with van der Waals surface area (Å²) >= 11 is 3.19. The first-order valence-electron chi connectivity index (χ1n) is 8.12. The summed E-state index contributed by atoms with van der Waals surface area (Å²) in [6.45, 7) is 4.50. The number of amides is 1. The minimum absolute atomic E-state index is 0.0293. The van der Waals surface area contributed by atoms with Gasteiger partial charge in [0, 0.05) is 21.7 Å². The van der Waals surface area contributed by atoms with Crippen LogP contribution in [0, 0.1) is 6.92 Å². The normalized spacial score (nSPS) is 18.0. The molecule has 2 N–H and O–H groups in total. The van der Waals surface area contributed by atoms with Crippen molar-refractivity contribution < 1.29 is 9.90 Å². The Morgan fingerprint density at radius 2 is 2.13 bits per heavy atom. The van der Waals surface area contributed by atoms with Gasteiger partial charge in [0.2, 0.25) is 0 Å². The number of carbonyl (C=O) groups is 1. The van der Waals surface area contributed by atoms with Crippen molar-refractivity contribution in [1.29, 1.82) is 0 Å². The lowest BCUT2D eigenvalue weighted by Gasteiger charge is -2.28. The third-order valence-corrected chi connectivity index (χ3v) is 7.21. The van der Waals surface area contributed by atoms with Crippen molar-refractivity contribution in [2.45, 2.75) is 51.0 Å².